The highest BCUT2D eigenvalue weighted by Crippen LogP contribution is 2.54. The Morgan fingerprint density at radius 2 is 0.769 bits per heavy atom. The number of carbonyl (C=O) groups is 4. The predicted octanol–water partition coefficient (Wildman–Crippen LogP) is 3.14. The summed E-state index contributed by atoms with van der Waals surface area (Å²) in [5.74, 6) is -1.77. The number of fused-ring (bicyclic) bond motifs is 10. The minimum atomic E-state index is -3.92. The third-order valence-electron chi connectivity index (χ3n) is 9.75. The number of amides is 4. The summed E-state index contributed by atoms with van der Waals surface area (Å²) in [6.07, 6.45) is 9.81. The second kappa shape index (κ2) is 7.63. The van der Waals surface area contributed by atoms with E-state index in [2.05, 4.69) is 0 Å². The summed E-state index contributed by atoms with van der Waals surface area (Å²) in [5, 5.41) is 0. The summed E-state index contributed by atoms with van der Waals surface area (Å²) in [6, 6.07) is 11.6. The zero-order valence-electron chi connectivity index (χ0n) is 20.7. The number of hydrogen-bond donors (Lipinski definition) is 0. The molecule has 4 amide bonds. The first kappa shape index (κ1) is 23.1. The van der Waals surface area contributed by atoms with Crippen LogP contribution in [-0.2, 0) is 29.0 Å². The van der Waals surface area contributed by atoms with Crippen molar-refractivity contribution >= 4 is 44.8 Å². The molecule has 2 aromatic carbocycles. The zero-order chi connectivity index (χ0) is 26.8. The molecule has 4 aliphatic carbocycles. The number of anilines is 2. The largest absolute Gasteiger partial charge is 0.274 e. The molecular formula is C30H24N2O6S. The molecule has 2 saturated carbocycles. The molecule has 0 aromatic heterocycles. The standard InChI is InChI=1S/C30H24N2O6S/c33-27-23-15-1-2-16(13-15)24(23)28(34)31(27)19-5-9-21(10-6-19)39(37,38)22-11-7-20(8-12-22)32-29(35)25-17-3-4-18(14-17)26(25)30(32)36/h1-12,15-18,23-26H,13-14H2/t15-,16-,17-,18+,23-,24+,25-,26+/m0/s1. The molecule has 6 aliphatic rings. The quantitative estimate of drug-likeness (QED) is 0.436. The Morgan fingerprint density at radius 1 is 0.487 bits per heavy atom. The van der Waals surface area contributed by atoms with Gasteiger partial charge in [-0.25, -0.2) is 8.42 Å². The fourth-order valence-electron chi connectivity index (χ4n) is 8.00. The van der Waals surface area contributed by atoms with Crippen LogP contribution in [0.25, 0.3) is 0 Å². The molecule has 9 heteroatoms. The maximum Gasteiger partial charge on any atom is 0.238 e. The van der Waals surface area contributed by atoms with Gasteiger partial charge in [0.15, 0.2) is 0 Å². The molecule has 2 heterocycles. The topological polar surface area (TPSA) is 109 Å². The summed E-state index contributed by atoms with van der Waals surface area (Å²) in [4.78, 5) is 54.8. The lowest BCUT2D eigenvalue weighted by Gasteiger charge is -2.18. The summed E-state index contributed by atoms with van der Waals surface area (Å²) in [6.45, 7) is 0. The van der Waals surface area contributed by atoms with Crippen LogP contribution in [0.1, 0.15) is 12.8 Å². The molecule has 4 bridgehead atoms. The maximum absolute atomic E-state index is 13.4. The van der Waals surface area contributed by atoms with Crippen molar-refractivity contribution in [1.82, 2.24) is 0 Å². The molecule has 0 unspecified atom stereocenters. The van der Waals surface area contributed by atoms with Crippen LogP contribution in [0.2, 0.25) is 0 Å². The lowest BCUT2D eigenvalue weighted by Crippen LogP contribution is -2.32. The highest BCUT2D eigenvalue weighted by molar-refractivity contribution is 7.91. The van der Waals surface area contributed by atoms with E-state index >= 15 is 0 Å². The number of nitrogens with zero attached hydrogens (tertiary/aromatic N) is 2. The Balaban J connectivity index is 1.03. The fourth-order valence-corrected chi connectivity index (χ4v) is 9.26. The molecule has 2 saturated heterocycles. The number of carbonyl (C=O) groups excluding carboxylic acids is 4. The molecule has 8 atom stereocenters. The lowest BCUT2D eigenvalue weighted by atomic mass is 9.85. The van der Waals surface area contributed by atoms with Crippen LogP contribution in [0.3, 0.4) is 0 Å². The van der Waals surface area contributed by atoms with Crippen LogP contribution in [0.15, 0.2) is 82.6 Å². The van der Waals surface area contributed by atoms with Crippen LogP contribution in [0.5, 0.6) is 0 Å². The highest BCUT2D eigenvalue weighted by Gasteiger charge is 2.60. The van der Waals surface area contributed by atoms with E-state index in [1.165, 1.54) is 58.3 Å². The van der Waals surface area contributed by atoms with Crippen molar-refractivity contribution in [3.63, 3.8) is 0 Å². The zero-order valence-corrected chi connectivity index (χ0v) is 21.5. The van der Waals surface area contributed by atoms with Gasteiger partial charge in [0, 0.05) is 0 Å². The van der Waals surface area contributed by atoms with Crippen molar-refractivity contribution in [1.29, 1.82) is 0 Å². The Morgan fingerprint density at radius 3 is 1.05 bits per heavy atom. The molecule has 0 N–H and O–H groups in total. The van der Waals surface area contributed by atoms with Gasteiger partial charge in [-0.2, -0.15) is 0 Å². The maximum atomic E-state index is 13.4. The Hall–Kier alpha value is -3.85. The van der Waals surface area contributed by atoms with E-state index in [0.717, 1.165) is 12.8 Å². The van der Waals surface area contributed by atoms with Crippen molar-refractivity contribution < 1.29 is 27.6 Å². The third-order valence-corrected chi connectivity index (χ3v) is 11.5. The van der Waals surface area contributed by atoms with Gasteiger partial charge in [-0.3, -0.25) is 29.0 Å². The van der Waals surface area contributed by atoms with Gasteiger partial charge in [-0.15, -0.1) is 0 Å². The normalized spacial score (nSPS) is 35.6. The Bertz CT molecular complexity index is 1480. The van der Waals surface area contributed by atoms with Crippen LogP contribution >= 0.6 is 0 Å². The van der Waals surface area contributed by atoms with Crippen LogP contribution < -0.4 is 9.80 Å². The van der Waals surface area contributed by atoms with Crippen LogP contribution in [0.4, 0.5) is 11.4 Å². The first-order valence-corrected chi connectivity index (χ1v) is 14.8. The Labute approximate surface area is 224 Å². The van der Waals surface area contributed by atoms with Gasteiger partial charge in [-0.1, -0.05) is 24.3 Å². The number of benzene rings is 2. The Kier molecular flexibility index (Phi) is 4.51. The second-order valence-electron chi connectivity index (χ2n) is 11.5. The first-order valence-electron chi connectivity index (χ1n) is 13.3. The lowest BCUT2D eigenvalue weighted by molar-refractivity contribution is -0.124. The number of sulfone groups is 1. The third kappa shape index (κ3) is 2.91. The van der Waals surface area contributed by atoms with Crippen molar-refractivity contribution in [2.75, 3.05) is 9.80 Å². The second-order valence-corrected chi connectivity index (χ2v) is 13.5. The molecule has 8 nitrogen and oxygen atoms in total. The van der Waals surface area contributed by atoms with Gasteiger partial charge in [0.05, 0.1) is 44.8 Å². The van der Waals surface area contributed by atoms with Gasteiger partial charge in [-0.05, 0) is 85.0 Å². The van der Waals surface area contributed by atoms with E-state index in [9.17, 15) is 27.6 Å². The number of imide groups is 2. The van der Waals surface area contributed by atoms with Crippen molar-refractivity contribution in [3.05, 3.63) is 72.8 Å². The van der Waals surface area contributed by atoms with E-state index in [0.29, 0.717) is 11.4 Å². The van der Waals surface area contributed by atoms with Gasteiger partial charge in [0.1, 0.15) is 0 Å². The summed E-state index contributed by atoms with van der Waals surface area (Å²) >= 11 is 0. The van der Waals surface area contributed by atoms with Crippen molar-refractivity contribution in [2.45, 2.75) is 22.6 Å². The summed E-state index contributed by atoms with van der Waals surface area (Å²) in [5.41, 5.74) is 0.737. The average Bonchev–Trinajstić information content (AvgIpc) is 3.77. The molecule has 2 aliphatic heterocycles. The molecule has 4 fully saturated rings. The highest BCUT2D eigenvalue weighted by atomic mass is 32.2. The molecule has 2 aromatic rings. The van der Waals surface area contributed by atoms with Crippen LogP contribution in [0, 0.1) is 47.3 Å². The van der Waals surface area contributed by atoms with E-state index in [1.54, 1.807) is 0 Å². The molecular weight excluding hydrogens is 516 g/mol. The summed E-state index contributed by atoms with van der Waals surface area (Å²) in [7, 11) is -3.92. The molecule has 0 spiro atoms. The predicted molar refractivity (Wildman–Crippen MR) is 139 cm³/mol. The number of rotatable bonds is 4. The van der Waals surface area contributed by atoms with Crippen molar-refractivity contribution in [3.8, 4) is 0 Å². The SMILES string of the molecule is O=C1[C@@H]2[C@H](C(=O)N1c1ccc(S(=O)(=O)c3ccc(N4C(=O)[C@@H]5[C@H](C4=O)[C@H]4C=C[C@H]5C4)cc3)cc1)[C@@H]1C=C[C@H]2C1. The number of hydrogen-bond acceptors (Lipinski definition) is 6. The minimum absolute atomic E-state index is 0.0190. The van der Waals surface area contributed by atoms with E-state index in [-0.39, 0.29) is 80.8 Å². The fraction of sp³-hybridized carbons (Fsp3) is 0.333. The van der Waals surface area contributed by atoms with E-state index < -0.39 is 9.84 Å². The molecule has 8 rings (SSSR count). The number of allylic oxidation sites excluding steroid dienone is 4. The summed E-state index contributed by atoms with van der Waals surface area (Å²) < 4.78 is 26.7. The first-order chi connectivity index (χ1) is 18.8. The van der Waals surface area contributed by atoms with Gasteiger partial charge in [0.2, 0.25) is 33.5 Å². The van der Waals surface area contributed by atoms with Gasteiger partial charge >= 0.3 is 0 Å². The molecule has 0 radical (unpaired) electrons. The van der Waals surface area contributed by atoms with Gasteiger partial charge < -0.3 is 0 Å². The molecule has 39 heavy (non-hydrogen) atoms. The van der Waals surface area contributed by atoms with E-state index in [1.807, 2.05) is 24.3 Å². The van der Waals surface area contributed by atoms with Crippen LogP contribution in [-0.4, -0.2) is 32.0 Å². The van der Waals surface area contributed by atoms with Crippen molar-refractivity contribution in [2.24, 2.45) is 47.3 Å². The monoisotopic (exact) mass is 540 g/mol. The van der Waals surface area contributed by atoms with E-state index in [4.69, 9.17) is 0 Å². The average molecular weight is 541 g/mol. The minimum Gasteiger partial charge on any atom is -0.274 e. The smallest absolute Gasteiger partial charge is 0.238 e. The van der Waals surface area contributed by atoms with Gasteiger partial charge in [0.25, 0.3) is 0 Å². The molecule has 196 valence electrons.